The highest BCUT2D eigenvalue weighted by Crippen LogP contribution is 2.30. The van der Waals surface area contributed by atoms with E-state index >= 15 is 0 Å². The topological polar surface area (TPSA) is 108 Å². The van der Waals surface area contributed by atoms with E-state index in [2.05, 4.69) is 39.9 Å². The third-order valence-electron chi connectivity index (χ3n) is 5.96. The normalized spacial score (nSPS) is 11.6. The van der Waals surface area contributed by atoms with Crippen molar-refractivity contribution in [3.05, 3.63) is 108 Å². The average molecular weight is 554 g/mol. The number of fused-ring (bicyclic) bond motifs is 1. The number of carboxylic acids is 1. The van der Waals surface area contributed by atoms with Crippen LogP contribution in [0.5, 0.6) is 0 Å². The van der Waals surface area contributed by atoms with Crippen LogP contribution in [0.15, 0.2) is 101 Å². The predicted molar refractivity (Wildman–Crippen MR) is 157 cm³/mol. The molecule has 7 nitrogen and oxygen atoms in total. The standard InChI is InChI=1S/C30H23N3O4S2/c1-18(27(34)33-30-32-26(17-38-30)21-14-13-19-7-2-3-8-20(19)15-21)39-23-10-6-9-22(16-23)31-28(35)24-11-4-5-12-25(24)29(36)37/h2-18H,1H3,(H,31,35)(H,36,37)(H,32,33,34). The van der Waals surface area contributed by atoms with Crippen molar-refractivity contribution in [1.82, 2.24) is 4.98 Å². The number of anilines is 2. The molecule has 5 aromatic rings. The van der Waals surface area contributed by atoms with E-state index in [9.17, 15) is 19.5 Å². The van der Waals surface area contributed by atoms with E-state index in [0.717, 1.165) is 26.9 Å². The van der Waals surface area contributed by atoms with Crippen LogP contribution in [0.3, 0.4) is 0 Å². The maximum Gasteiger partial charge on any atom is 0.336 e. The molecular weight excluding hydrogens is 530 g/mol. The number of aromatic nitrogens is 1. The van der Waals surface area contributed by atoms with Gasteiger partial charge in [0.05, 0.1) is 22.1 Å². The lowest BCUT2D eigenvalue weighted by molar-refractivity contribution is -0.115. The summed E-state index contributed by atoms with van der Waals surface area (Å²) in [5.41, 5.74) is 2.28. The number of nitrogens with one attached hydrogen (secondary N) is 2. The second-order valence-corrected chi connectivity index (χ2v) is 11.0. The first-order valence-corrected chi connectivity index (χ1v) is 13.8. The summed E-state index contributed by atoms with van der Waals surface area (Å²) in [6, 6.07) is 27.4. The Morgan fingerprint density at radius 1 is 0.846 bits per heavy atom. The van der Waals surface area contributed by atoms with E-state index in [1.54, 1.807) is 37.3 Å². The van der Waals surface area contributed by atoms with Gasteiger partial charge in [0.15, 0.2) is 5.13 Å². The maximum atomic E-state index is 12.9. The Morgan fingerprint density at radius 2 is 1.59 bits per heavy atom. The Kier molecular flexibility index (Phi) is 7.72. The van der Waals surface area contributed by atoms with Crippen molar-refractivity contribution in [2.24, 2.45) is 0 Å². The lowest BCUT2D eigenvalue weighted by atomic mass is 10.1. The van der Waals surface area contributed by atoms with Gasteiger partial charge < -0.3 is 15.7 Å². The summed E-state index contributed by atoms with van der Waals surface area (Å²) in [5, 5.41) is 19.3. The van der Waals surface area contributed by atoms with Gasteiger partial charge in [-0.25, -0.2) is 9.78 Å². The van der Waals surface area contributed by atoms with Crippen LogP contribution in [0.25, 0.3) is 22.0 Å². The summed E-state index contributed by atoms with van der Waals surface area (Å²) in [4.78, 5) is 42.4. The summed E-state index contributed by atoms with van der Waals surface area (Å²) < 4.78 is 0. The van der Waals surface area contributed by atoms with Crippen LogP contribution < -0.4 is 10.6 Å². The largest absolute Gasteiger partial charge is 0.478 e. The van der Waals surface area contributed by atoms with E-state index in [0.29, 0.717) is 10.8 Å². The molecule has 0 aliphatic heterocycles. The molecule has 1 unspecified atom stereocenters. The highest BCUT2D eigenvalue weighted by atomic mass is 32.2. The van der Waals surface area contributed by atoms with Gasteiger partial charge in [-0.1, -0.05) is 54.6 Å². The molecule has 0 bridgehead atoms. The lowest BCUT2D eigenvalue weighted by Gasteiger charge is -2.12. The number of hydrogen-bond acceptors (Lipinski definition) is 6. The number of thioether (sulfide) groups is 1. The minimum Gasteiger partial charge on any atom is -0.478 e. The fourth-order valence-electron chi connectivity index (χ4n) is 3.99. The van der Waals surface area contributed by atoms with E-state index in [4.69, 9.17) is 0 Å². The third kappa shape index (κ3) is 6.17. The van der Waals surface area contributed by atoms with Crippen LogP contribution in [0.2, 0.25) is 0 Å². The van der Waals surface area contributed by atoms with Gasteiger partial charge in [-0.3, -0.25) is 9.59 Å². The monoisotopic (exact) mass is 553 g/mol. The molecule has 1 heterocycles. The van der Waals surface area contributed by atoms with Gasteiger partial charge in [-0.15, -0.1) is 23.1 Å². The van der Waals surface area contributed by atoms with Gasteiger partial charge in [0.1, 0.15) is 0 Å². The molecule has 5 rings (SSSR count). The molecule has 0 aliphatic carbocycles. The van der Waals surface area contributed by atoms with Crippen molar-refractivity contribution in [3.8, 4) is 11.3 Å². The molecule has 0 radical (unpaired) electrons. The molecule has 1 aromatic heterocycles. The summed E-state index contributed by atoms with van der Waals surface area (Å²) >= 11 is 2.71. The molecule has 0 fully saturated rings. The Bertz CT molecular complexity index is 1700. The van der Waals surface area contributed by atoms with Gasteiger partial charge in [0.25, 0.3) is 5.91 Å². The highest BCUT2D eigenvalue weighted by molar-refractivity contribution is 8.00. The molecule has 194 valence electrons. The molecule has 4 aromatic carbocycles. The van der Waals surface area contributed by atoms with Gasteiger partial charge in [0, 0.05) is 21.5 Å². The Balaban J connectivity index is 1.22. The molecule has 39 heavy (non-hydrogen) atoms. The van der Waals surface area contributed by atoms with Crippen LogP contribution in [0.4, 0.5) is 10.8 Å². The van der Waals surface area contributed by atoms with Crippen molar-refractivity contribution < 1.29 is 19.5 Å². The number of thiazole rings is 1. The van der Waals surface area contributed by atoms with Crippen LogP contribution in [0, 0.1) is 0 Å². The smallest absolute Gasteiger partial charge is 0.336 e. The number of carboxylic acid groups (broad SMARTS) is 1. The van der Waals surface area contributed by atoms with Crippen molar-refractivity contribution in [2.45, 2.75) is 17.1 Å². The number of nitrogens with zero attached hydrogens (tertiary/aromatic N) is 1. The van der Waals surface area contributed by atoms with Gasteiger partial charge in [0.2, 0.25) is 5.91 Å². The number of rotatable bonds is 8. The molecule has 2 amide bonds. The average Bonchev–Trinajstić information content (AvgIpc) is 3.41. The van der Waals surface area contributed by atoms with Crippen LogP contribution in [-0.2, 0) is 4.79 Å². The van der Waals surface area contributed by atoms with Gasteiger partial charge in [-0.2, -0.15) is 0 Å². The Hall–Kier alpha value is -4.47. The molecule has 0 saturated heterocycles. The van der Waals surface area contributed by atoms with Crippen LogP contribution >= 0.6 is 23.1 Å². The molecule has 9 heteroatoms. The number of carbonyl (C=O) groups excluding carboxylic acids is 2. The zero-order valence-corrected chi connectivity index (χ0v) is 22.4. The molecule has 3 N–H and O–H groups in total. The Morgan fingerprint density at radius 3 is 2.38 bits per heavy atom. The second-order valence-electron chi connectivity index (χ2n) is 8.68. The van der Waals surface area contributed by atoms with Crippen LogP contribution in [-0.4, -0.2) is 33.1 Å². The van der Waals surface area contributed by atoms with Crippen LogP contribution in [0.1, 0.15) is 27.6 Å². The van der Waals surface area contributed by atoms with E-state index in [1.165, 1.54) is 35.2 Å². The number of aromatic carboxylic acids is 1. The molecular formula is C30H23N3O4S2. The van der Waals surface area contributed by atoms with Gasteiger partial charge in [-0.05, 0) is 54.1 Å². The number of hydrogen-bond donors (Lipinski definition) is 3. The summed E-state index contributed by atoms with van der Waals surface area (Å²) in [6.07, 6.45) is 0. The SMILES string of the molecule is CC(Sc1cccc(NC(=O)c2ccccc2C(=O)O)c1)C(=O)Nc1nc(-c2ccc3ccccc3c2)cs1. The minimum absolute atomic E-state index is 0.0716. The third-order valence-corrected chi connectivity index (χ3v) is 7.81. The second kappa shape index (κ2) is 11.5. The van der Waals surface area contributed by atoms with E-state index < -0.39 is 17.1 Å². The zero-order valence-electron chi connectivity index (χ0n) is 20.8. The number of benzene rings is 4. The fourth-order valence-corrected chi connectivity index (χ4v) is 5.64. The lowest BCUT2D eigenvalue weighted by Crippen LogP contribution is -2.22. The predicted octanol–water partition coefficient (Wildman–Crippen LogP) is 7.03. The number of carbonyl (C=O) groups is 3. The maximum absolute atomic E-state index is 12.9. The summed E-state index contributed by atoms with van der Waals surface area (Å²) in [7, 11) is 0. The first-order valence-electron chi connectivity index (χ1n) is 12.0. The van der Waals surface area contributed by atoms with Gasteiger partial charge >= 0.3 is 5.97 Å². The molecule has 0 saturated carbocycles. The minimum atomic E-state index is -1.17. The first kappa shape index (κ1) is 26.1. The number of amides is 2. The Labute approximate surface area is 232 Å². The van der Waals surface area contributed by atoms with Crippen molar-refractivity contribution in [2.75, 3.05) is 10.6 Å². The van der Waals surface area contributed by atoms with E-state index in [1.807, 2.05) is 29.6 Å². The van der Waals surface area contributed by atoms with Crippen molar-refractivity contribution in [3.63, 3.8) is 0 Å². The first-order chi connectivity index (χ1) is 18.9. The quantitative estimate of drug-likeness (QED) is 0.178. The molecule has 1 atom stereocenters. The van der Waals surface area contributed by atoms with Crippen molar-refractivity contribution >= 4 is 62.5 Å². The summed E-state index contributed by atoms with van der Waals surface area (Å²) in [5.74, 6) is -1.88. The van der Waals surface area contributed by atoms with E-state index in [-0.39, 0.29) is 17.0 Å². The zero-order chi connectivity index (χ0) is 27.4. The highest BCUT2D eigenvalue weighted by Gasteiger charge is 2.18. The summed E-state index contributed by atoms with van der Waals surface area (Å²) in [6.45, 7) is 1.80. The molecule has 0 spiro atoms. The van der Waals surface area contributed by atoms with Crippen molar-refractivity contribution in [1.29, 1.82) is 0 Å². The fraction of sp³-hybridized carbons (Fsp3) is 0.0667. The molecule has 0 aliphatic rings.